The van der Waals surface area contributed by atoms with Crippen molar-refractivity contribution in [3.05, 3.63) is 120 Å². The molecule has 0 spiro atoms. The monoisotopic (exact) mass is 606 g/mol. The second-order valence-electron chi connectivity index (χ2n) is 11.0. The zero-order valence-corrected chi connectivity index (χ0v) is 28.0. The number of carbonyl (C=O) groups excluding carboxylic acids is 2. The molecule has 2 rings (SSSR count). The van der Waals surface area contributed by atoms with Crippen LogP contribution < -0.4 is 10.6 Å². The van der Waals surface area contributed by atoms with Crippen LogP contribution in [0.25, 0.3) is 0 Å². The van der Waals surface area contributed by atoms with Gasteiger partial charge in [-0.05, 0) is 71.1 Å². The van der Waals surface area contributed by atoms with Crippen LogP contribution in [0.2, 0.25) is 0 Å². The molecule has 0 heterocycles. The van der Waals surface area contributed by atoms with Gasteiger partial charge in [-0.15, -0.1) is 0 Å². The van der Waals surface area contributed by atoms with Crippen LogP contribution in [0.15, 0.2) is 109 Å². The zero-order valence-electron chi connectivity index (χ0n) is 28.0. The first-order valence-corrected chi connectivity index (χ1v) is 15.1. The van der Waals surface area contributed by atoms with Gasteiger partial charge in [0.25, 0.3) is 5.91 Å². The minimum atomic E-state index is -0.880. The van der Waals surface area contributed by atoms with Gasteiger partial charge >= 0.3 is 6.09 Å². The van der Waals surface area contributed by atoms with Crippen molar-refractivity contribution in [2.75, 3.05) is 13.2 Å². The Kier molecular flexibility index (Phi) is 20.3. The van der Waals surface area contributed by atoms with Crippen molar-refractivity contribution in [1.82, 2.24) is 10.6 Å². The lowest BCUT2D eigenvalue weighted by atomic mass is 10.0. The summed E-state index contributed by atoms with van der Waals surface area (Å²) in [6.45, 7) is 22.4. The van der Waals surface area contributed by atoms with Gasteiger partial charge in [0.1, 0.15) is 11.4 Å². The van der Waals surface area contributed by atoms with E-state index in [4.69, 9.17) is 9.47 Å². The highest BCUT2D eigenvalue weighted by atomic mass is 16.6. The molecule has 0 saturated carbocycles. The van der Waals surface area contributed by atoms with Crippen molar-refractivity contribution in [1.29, 1.82) is 0 Å². The van der Waals surface area contributed by atoms with Gasteiger partial charge in [0.15, 0.2) is 6.61 Å². The Labute approximate surface area is 265 Å². The summed E-state index contributed by atoms with van der Waals surface area (Å²) in [5.41, 5.74) is 3.32. The maximum Gasteiger partial charge on any atom is 0.407 e. The molecule has 7 heteroatoms. The fourth-order valence-corrected chi connectivity index (χ4v) is 3.82. The molecule has 0 fully saturated rings. The molecule has 44 heavy (non-hydrogen) atoms. The summed E-state index contributed by atoms with van der Waals surface area (Å²) < 4.78 is 11.1. The van der Waals surface area contributed by atoms with Gasteiger partial charge < -0.3 is 25.2 Å². The Hall–Kier alpha value is -4.10. The molecule has 0 aliphatic heterocycles. The minimum Gasteiger partial charge on any atom is -0.483 e. The second-order valence-corrected chi connectivity index (χ2v) is 11.0. The Morgan fingerprint density at radius 3 is 2.02 bits per heavy atom. The first-order valence-electron chi connectivity index (χ1n) is 15.1. The summed E-state index contributed by atoms with van der Waals surface area (Å²) in [4.78, 5) is 24.6. The van der Waals surface area contributed by atoms with Gasteiger partial charge in [0.05, 0.1) is 6.10 Å². The smallest absolute Gasteiger partial charge is 0.407 e. The average molecular weight is 607 g/mol. The third kappa shape index (κ3) is 19.2. The molecule has 0 aliphatic rings. The molecule has 0 bridgehead atoms. The number of hydrogen-bond donors (Lipinski definition) is 3. The van der Waals surface area contributed by atoms with Crippen LogP contribution >= 0.6 is 0 Å². The van der Waals surface area contributed by atoms with Gasteiger partial charge in [-0.25, -0.2) is 4.79 Å². The van der Waals surface area contributed by atoms with Crippen LogP contribution in [0, 0.1) is 6.92 Å². The molecule has 1 unspecified atom stereocenters. The predicted octanol–water partition coefficient (Wildman–Crippen LogP) is 7.62. The number of ether oxygens (including phenoxy) is 2. The third-order valence-electron chi connectivity index (χ3n) is 5.82. The van der Waals surface area contributed by atoms with Crippen LogP contribution in [0.5, 0.6) is 0 Å². The molecule has 0 saturated heterocycles. The van der Waals surface area contributed by atoms with Crippen molar-refractivity contribution in [3.8, 4) is 0 Å². The molecule has 0 radical (unpaired) electrons. The van der Waals surface area contributed by atoms with E-state index in [1.165, 1.54) is 5.56 Å². The van der Waals surface area contributed by atoms with E-state index >= 15 is 0 Å². The van der Waals surface area contributed by atoms with Crippen molar-refractivity contribution in [2.24, 2.45) is 0 Å². The van der Waals surface area contributed by atoms with Crippen LogP contribution in [-0.4, -0.2) is 48.0 Å². The number of amides is 2. The standard InChI is InChI=1S/C28H40N2O5.C7H8.C2H6/c1-8-13-21(4)26(20(3)9-2)34-19-25(32)29-18-24(31)17-23(16-22-14-11-10-12-15-22)30-27(33)35-28(5,6)7;1-7-5-3-2-4-6-7;1-2/h8-15,23-24,31H,1-2,16-19H2,3-7H3,(H,29,32)(H,30,33);2-6H,1H3;1-2H3/b21-13-,26-20+;;/t23-,24?;;/m0../s1. The van der Waals surface area contributed by atoms with Gasteiger partial charge in [-0.2, -0.15) is 0 Å². The van der Waals surface area contributed by atoms with Crippen LogP contribution in [0.1, 0.15) is 66.0 Å². The summed E-state index contributed by atoms with van der Waals surface area (Å²) in [6.07, 6.45) is 4.40. The third-order valence-corrected chi connectivity index (χ3v) is 5.82. The quantitative estimate of drug-likeness (QED) is 0.161. The molecule has 2 atom stereocenters. The molecule has 7 nitrogen and oxygen atoms in total. The lowest BCUT2D eigenvalue weighted by Crippen LogP contribution is -2.44. The topological polar surface area (TPSA) is 96.9 Å². The largest absolute Gasteiger partial charge is 0.483 e. The number of carbonyl (C=O) groups is 2. The number of benzene rings is 2. The molecule has 2 aromatic rings. The van der Waals surface area contributed by atoms with Crippen molar-refractivity contribution < 1.29 is 24.2 Å². The number of nitrogens with one attached hydrogen (secondary N) is 2. The highest BCUT2D eigenvalue weighted by molar-refractivity contribution is 5.77. The molecule has 242 valence electrons. The van der Waals surface area contributed by atoms with E-state index in [9.17, 15) is 14.7 Å². The first kappa shape index (κ1) is 39.9. The van der Waals surface area contributed by atoms with E-state index < -0.39 is 17.8 Å². The van der Waals surface area contributed by atoms with E-state index in [0.717, 1.165) is 16.7 Å². The molecule has 3 N–H and O–H groups in total. The van der Waals surface area contributed by atoms with Crippen LogP contribution in [0.4, 0.5) is 4.79 Å². The van der Waals surface area contributed by atoms with Gasteiger partial charge in [0, 0.05) is 12.6 Å². The molecule has 0 aromatic heterocycles. The van der Waals surface area contributed by atoms with Crippen molar-refractivity contribution >= 4 is 12.0 Å². The minimum absolute atomic E-state index is 0.0183. The fourth-order valence-electron chi connectivity index (χ4n) is 3.82. The van der Waals surface area contributed by atoms with Crippen LogP contribution in [0.3, 0.4) is 0 Å². The second kappa shape index (κ2) is 22.4. The molecule has 2 aromatic carbocycles. The highest BCUT2D eigenvalue weighted by Gasteiger charge is 2.22. The summed E-state index contributed by atoms with van der Waals surface area (Å²) in [6, 6.07) is 19.5. The predicted molar refractivity (Wildman–Crippen MR) is 182 cm³/mol. The Morgan fingerprint density at radius 1 is 0.977 bits per heavy atom. The number of allylic oxidation sites excluding steroid dienone is 5. The maximum absolute atomic E-state index is 12.3. The average Bonchev–Trinajstić information content (AvgIpc) is 2.97. The number of aliphatic hydroxyl groups excluding tert-OH is 1. The number of aliphatic hydroxyl groups is 1. The molecule has 2 amide bonds. The highest BCUT2D eigenvalue weighted by Crippen LogP contribution is 2.17. The van der Waals surface area contributed by atoms with E-state index in [1.54, 1.807) is 39.0 Å². The van der Waals surface area contributed by atoms with Gasteiger partial charge in [0.2, 0.25) is 0 Å². The Bertz CT molecular complexity index is 1180. The summed E-state index contributed by atoms with van der Waals surface area (Å²) >= 11 is 0. The molecule has 0 aliphatic carbocycles. The normalized spacial score (nSPS) is 12.8. The van der Waals surface area contributed by atoms with Gasteiger partial charge in [-0.1, -0.05) is 111 Å². The Morgan fingerprint density at radius 2 is 1.55 bits per heavy atom. The van der Waals surface area contributed by atoms with E-state index in [2.05, 4.69) is 42.8 Å². The SMILES string of the molecule is C=C/C=C(C)\C(OCC(=O)NCC(O)C[C@H](Cc1ccccc1)NC(=O)OC(C)(C)C)=C(\C)C=C.CC.Cc1ccccc1. The molecular formula is C37H54N2O5. The number of rotatable bonds is 13. The van der Waals surface area contributed by atoms with Crippen LogP contribution in [-0.2, 0) is 20.7 Å². The van der Waals surface area contributed by atoms with E-state index in [1.807, 2.05) is 76.2 Å². The lowest BCUT2D eigenvalue weighted by molar-refractivity contribution is -0.124. The maximum atomic E-state index is 12.3. The van der Waals surface area contributed by atoms with Crippen molar-refractivity contribution in [3.63, 3.8) is 0 Å². The number of alkyl carbamates (subject to hydrolysis) is 1. The Balaban J connectivity index is 0.00000176. The van der Waals surface area contributed by atoms with E-state index in [-0.39, 0.29) is 31.5 Å². The lowest BCUT2D eigenvalue weighted by Gasteiger charge is -2.25. The number of hydrogen-bond acceptors (Lipinski definition) is 5. The zero-order chi connectivity index (χ0) is 33.5. The first-order chi connectivity index (χ1) is 20.8. The van der Waals surface area contributed by atoms with Crippen molar-refractivity contribution in [2.45, 2.75) is 86.0 Å². The number of aryl methyl sites for hydroxylation is 1. The summed E-state index contributed by atoms with van der Waals surface area (Å²) in [7, 11) is 0. The van der Waals surface area contributed by atoms with E-state index in [0.29, 0.717) is 12.2 Å². The van der Waals surface area contributed by atoms with Gasteiger partial charge in [-0.3, -0.25) is 4.79 Å². The summed E-state index contributed by atoms with van der Waals surface area (Å²) in [5, 5.41) is 16.1. The summed E-state index contributed by atoms with van der Waals surface area (Å²) in [5.74, 6) is 0.185. The fraction of sp³-hybridized carbons (Fsp3) is 0.405. The molecular weight excluding hydrogens is 552 g/mol.